The van der Waals surface area contributed by atoms with E-state index in [0.717, 1.165) is 24.7 Å². The number of fused-ring (bicyclic) bond motifs is 1. The van der Waals surface area contributed by atoms with E-state index in [1.54, 1.807) is 11.3 Å². The molecule has 0 aliphatic carbocycles. The molecule has 104 valence electrons. The number of benzene rings is 1. The van der Waals surface area contributed by atoms with Gasteiger partial charge in [-0.15, -0.1) is 11.3 Å². The van der Waals surface area contributed by atoms with Gasteiger partial charge in [0.15, 0.2) is 0 Å². The van der Waals surface area contributed by atoms with Gasteiger partial charge in [-0.05, 0) is 35.7 Å². The molecule has 4 heteroatoms. The van der Waals surface area contributed by atoms with E-state index in [2.05, 4.69) is 52.7 Å². The molecule has 20 heavy (non-hydrogen) atoms. The van der Waals surface area contributed by atoms with Crippen LogP contribution in [0.2, 0.25) is 5.02 Å². The molecule has 0 spiro atoms. The predicted octanol–water partition coefficient (Wildman–Crippen LogP) is 4.51. The van der Waals surface area contributed by atoms with Crippen LogP contribution in [0.25, 0.3) is 10.9 Å². The second kappa shape index (κ2) is 6.00. The van der Waals surface area contributed by atoms with E-state index >= 15 is 0 Å². The Kier molecular flexibility index (Phi) is 4.10. The van der Waals surface area contributed by atoms with Crippen LogP contribution in [0.5, 0.6) is 0 Å². The molecule has 0 saturated heterocycles. The minimum atomic E-state index is 0.790. The Morgan fingerprint density at radius 2 is 2.20 bits per heavy atom. The largest absolute Gasteiger partial charge is 0.342 e. The summed E-state index contributed by atoms with van der Waals surface area (Å²) in [7, 11) is 0. The van der Waals surface area contributed by atoms with Crippen LogP contribution in [0.4, 0.5) is 0 Å². The molecule has 2 aromatic heterocycles. The van der Waals surface area contributed by atoms with Crippen molar-refractivity contribution in [2.45, 2.75) is 20.0 Å². The molecule has 1 aromatic carbocycles. The lowest BCUT2D eigenvalue weighted by Crippen LogP contribution is -2.11. The Morgan fingerprint density at radius 3 is 2.95 bits per heavy atom. The fourth-order valence-electron chi connectivity index (χ4n) is 2.44. The highest BCUT2D eigenvalue weighted by Crippen LogP contribution is 2.26. The molecular weight excluding hydrogens is 288 g/mol. The summed E-state index contributed by atoms with van der Waals surface area (Å²) < 4.78 is 2.29. The van der Waals surface area contributed by atoms with Gasteiger partial charge in [0.2, 0.25) is 0 Å². The predicted molar refractivity (Wildman–Crippen MR) is 87.7 cm³/mol. The fourth-order valence-corrected chi connectivity index (χ4v) is 3.31. The summed E-state index contributed by atoms with van der Waals surface area (Å²) in [6.45, 7) is 4.90. The van der Waals surface area contributed by atoms with Crippen LogP contribution in [0.15, 0.2) is 41.9 Å². The number of thiophene rings is 1. The SMILES string of the molecule is CCNCc1cn(Cc2cccs2)c2cc(Cl)ccc12. The molecule has 0 unspecified atom stereocenters. The Balaban J connectivity index is 2.03. The maximum absolute atomic E-state index is 6.16. The zero-order valence-electron chi connectivity index (χ0n) is 11.4. The maximum Gasteiger partial charge on any atom is 0.0569 e. The molecule has 0 bridgehead atoms. The van der Waals surface area contributed by atoms with Crippen molar-refractivity contribution in [2.24, 2.45) is 0 Å². The Morgan fingerprint density at radius 1 is 1.30 bits per heavy atom. The number of aromatic nitrogens is 1. The molecule has 2 nitrogen and oxygen atoms in total. The van der Waals surface area contributed by atoms with Crippen molar-refractivity contribution < 1.29 is 0 Å². The Hall–Kier alpha value is -1.29. The first-order chi connectivity index (χ1) is 9.78. The molecule has 2 heterocycles. The molecule has 0 aliphatic heterocycles. The summed E-state index contributed by atoms with van der Waals surface area (Å²) in [6.07, 6.45) is 2.24. The molecule has 3 rings (SSSR count). The van der Waals surface area contributed by atoms with Crippen LogP contribution in [-0.4, -0.2) is 11.1 Å². The molecule has 0 aliphatic rings. The third-order valence-electron chi connectivity index (χ3n) is 3.40. The first kappa shape index (κ1) is 13.7. The van der Waals surface area contributed by atoms with E-state index in [9.17, 15) is 0 Å². The van der Waals surface area contributed by atoms with Crippen LogP contribution >= 0.6 is 22.9 Å². The standard InChI is InChI=1S/C16H17ClN2S/c1-2-18-9-12-10-19(11-14-4-3-7-20-14)16-8-13(17)5-6-15(12)16/h3-8,10,18H,2,9,11H2,1H3. The first-order valence-corrected chi connectivity index (χ1v) is 8.04. The first-order valence-electron chi connectivity index (χ1n) is 6.78. The number of nitrogens with one attached hydrogen (secondary N) is 1. The summed E-state index contributed by atoms with van der Waals surface area (Å²) in [5.41, 5.74) is 2.54. The van der Waals surface area contributed by atoms with Crippen molar-refractivity contribution in [1.29, 1.82) is 0 Å². The lowest BCUT2D eigenvalue weighted by atomic mass is 10.2. The summed E-state index contributed by atoms with van der Waals surface area (Å²) >= 11 is 7.95. The molecule has 1 N–H and O–H groups in total. The average Bonchev–Trinajstić information content (AvgIpc) is 3.06. The van der Waals surface area contributed by atoms with E-state index in [1.165, 1.54) is 21.3 Å². The summed E-state index contributed by atoms with van der Waals surface area (Å²) in [5.74, 6) is 0. The van der Waals surface area contributed by atoms with Gasteiger partial charge in [-0.2, -0.15) is 0 Å². The number of rotatable bonds is 5. The second-order valence-corrected chi connectivity index (χ2v) is 6.27. The van der Waals surface area contributed by atoms with E-state index < -0.39 is 0 Å². The average molecular weight is 305 g/mol. The van der Waals surface area contributed by atoms with Crippen molar-refractivity contribution >= 4 is 33.8 Å². The number of hydrogen-bond donors (Lipinski definition) is 1. The van der Waals surface area contributed by atoms with Crippen LogP contribution in [-0.2, 0) is 13.1 Å². The van der Waals surface area contributed by atoms with Gasteiger partial charge in [0, 0.05) is 28.0 Å². The number of nitrogens with zero attached hydrogens (tertiary/aromatic N) is 1. The molecule has 0 atom stereocenters. The summed E-state index contributed by atoms with van der Waals surface area (Å²) in [4.78, 5) is 1.36. The molecule has 0 saturated carbocycles. The third-order valence-corrected chi connectivity index (χ3v) is 4.49. The van der Waals surface area contributed by atoms with Gasteiger partial charge in [0.05, 0.1) is 12.1 Å². The minimum absolute atomic E-state index is 0.790. The third kappa shape index (κ3) is 2.75. The van der Waals surface area contributed by atoms with Gasteiger partial charge in [0.1, 0.15) is 0 Å². The molecule has 0 radical (unpaired) electrons. The van der Waals surface area contributed by atoms with E-state index in [-0.39, 0.29) is 0 Å². The van der Waals surface area contributed by atoms with Gasteiger partial charge >= 0.3 is 0 Å². The molecule has 0 amide bonds. The van der Waals surface area contributed by atoms with E-state index in [4.69, 9.17) is 11.6 Å². The summed E-state index contributed by atoms with van der Waals surface area (Å²) in [6, 6.07) is 10.4. The Bertz CT molecular complexity index is 701. The van der Waals surface area contributed by atoms with Crippen molar-refractivity contribution in [2.75, 3.05) is 6.54 Å². The fraction of sp³-hybridized carbons (Fsp3) is 0.250. The highest BCUT2D eigenvalue weighted by Gasteiger charge is 2.09. The lowest BCUT2D eigenvalue weighted by molar-refractivity contribution is 0.725. The molecule has 0 fully saturated rings. The second-order valence-electron chi connectivity index (χ2n) is 4.80. The zero-order valence-corrected chi connectivity index (χ0v) is 13.0. The van der Waals surface area contributed by atoms with Crippen molar-refractivity contribution in [1.82, 2.24) is 9.88 Å². The highest BCUT2D eigenvalue weighted by molar-refractivity contribution is 7.09. The normalized spacial score (nSPS) is 11.3. The molecular formula is C16H17ClN2S. The van der Waals surface area contributed by atoms with Gasteiger partial charge in [-0.25, -0.2) is 0 Å². The smallest absolute Gasteiger partial charge is 0.0569 e. The van der Waals surface area contributed by atoms with Crippen LogP contribution in [0, 0.1) is 0 Å². The van der Waals surface area contributed by atoms with Crippen LogP contribution in [0.3, 0.4) is 0 Å². The van der Waals surface area contributed by atoms with Crippen LogP contribution < -0.4 is 5.32 Å². The highest BCUT2D eigenvalue weighted by atomic mass is 35.5. The van der Waals surface area contributed by atoms with Crippen molar-refractivity contribution in [3.05, 3.63) is 57.4 Å². The topological polar surface area (TPSA) is 17.0 Å². The minimum Gasteiger partial charge on any atom is -0.342 e. The lowest BCUT2D eigenvalue weighted by Gasteiger charge is -2.03. The zero-order chi connectivity index (χ0) is 13.9. The van der Waals surface area contributed by atoms with Gasteiger partial charge in [0.25, 0.3) is 0 Å². The monoisotopic (exact) mass is 304 g/mol. The van der Waals surface area contributed by atoms with E-state index in [0.29, 0.717) is 0 Å². The van der Waals surface area contributed by atoms with E-state index in [1.807, 2.05) is 6.07 Å². The number of hydrogen-bond acceptors (Lipinski definition) is 2. The van der Waals surface area contributed by atoms with Gasteiger partial charge in [-0.3, -0.25) is 0 Å². The quantitative estimate of drug-likeness (QED) is 0.733. The number of halogens is 1. The van der Waals surface area contributed by atoms with Crippen molar-refractivity contribution in [3.63, 3.8) is 0 Å². The maximum atomic E-state index is 6.16. The van der Waals surface area contributed by atoms with Crippen LogP contribution in [0.1, 0.15) is 17.4 Å². The summed E-state index contributed by atoms with van der Waals surface area (Å²) in [5, 5.41) is 7.59. The molecule has 3 aromatic rings. The van der Waals surface area contributed by atoms with Gasteiger partial charge in [-0.1, -0.05) is 30.7 Å². The van der Waals surface area contributed by atoms with Gasteiger partial charge < -0.3 is 9.88 Å². The Labute approximate surface area is 128 Å². The van der Waals surface area contributed by atoms with Crippen molar-refractivity contribution in [3.8, 4) is 0 Å².